The molecule has 7 nitrogen and oxygen atoms in total. The third-order valence-corrected chi connectivity index (χ3v) is 5.86. The van der Waals surface area contributed by atoms with Crippen LogP contribution in [0.5, 0.6) is 5.75 Å². The molecule has 0 radical (unpaired) electrons. The Labute approximate surface area is 180 Å². The number of amides is 1. The molecule has 0 aromatic heterocycles. The van der Waals surface area contributed by atoms with Gasteiger partial charge < -0.3 is 15.3 Å². The minimum Gasteiger partial charge on any atom is -0.506 e. The van der Waals surface area contributed by atoms with Gasteiger partial charge in [-0.05, 0) is 60.7 Å². The first-order valence-electron chi connectivity index (χ1n) is 8.86. The number of phenolic OH excluding ortho intramolecular Hbond substituents is 1. The number of rotatable bonds is 6. The summed E-state index contributed by atoms with van der Waals surface area (Å²) >= 11 is 5.89. The summed E-state index contributed by atoms with van der Waals surface area (Å²) in [7, 11) is -0.191. The Morgan fingerprint density at radius 3 is 2.33 bits per heavy atom. The van der Waals surface area contributed by atoms with E-state index >= 15 is 0 Å². The minimum atomic E-state index is -3.96. The van der Waals surface area contributed by atoms with Crippen LogP contribution in [0.1, 0.15) is 10.4 Å². The zero-order valence-corrected chi connectivity index (χ0v) is 17.8. The Morgan fingerprint density at radius 1 is 1.00 bits per heavy atom. The van der Waals surface area contributed by atoms with E-state index in [0.717, 1.165) is 5.69 Å². The van der Waals surface area contributed by atoms with E-state index in [0.29, 0.717) is 16.3 Å². The zero-order valence-electron chi connectivity index (χ0n) is 16.3. The van der Waals surface area contributed by atoms with Crippen LogP contribution >= 0.6 is 11.6 Å². The molecule has 3 aromatic carbocycles. The van der Waals surface area contributed by atoms with Gasteiger partial charge in [-0.3, -0.25) is 9.52 Å². The molecule has 0 saturated carbocycles. The smallest absolute Gasteiger partial charge is 0.261 e. The van der Waals surface area contributed by atoms with Crippen LogP contribution in [0.4, 0.5) is 17.1 Å². The van der Waals surface area contributed by atoms with Crippen LogP contribution in [0.25, 0.3) is 0 Å². The quantitative estimate of drug-likeness (QED) is 0.495. The van der Waals surface area contributed by atoms with E-state index in [2.05, 4.69) is 10.0 Å². The summed E-state index contributed by atoms with van der Waals surface area (Å²) in [6.07, 6.45) is 0. The van der Waals surface area contributed by atoms with Crippen LogP contribution in [-0.4, -0.2) is 33.5 Å². The number of carbonyl (C=O) groups is 1. The van der Waals surface area contributed by atoms with Crippen LogP contribution in [0, 0.1) is 0 Å². The van der Waals surface area contributed by atoms with Gasteiger partial charge in [0.15, 0.2) is 0 Å². The molecule has 0 bridgehead atoms. The topological polar surface area (TPSA) is 98.7 Å². The van der Waals surface area contributed by atoms with E-state index in [1.165, 1.54) is 24.3 Å². The molecule has 0 fully saturated rings. The average Bonchev–Trinajstić information content (AvgIpc) is 2.69. The van der Waals surface area contributed by atoms with Gasteiger partial charge in [0.25, 0.3) is 15.9 Å². The zero-order chi connectivity index (χ0) is 21.9. The highest BCUT2D eigenvalue weighted by atomic mass is 35.5. The van der Waals surface area contributed by atoms with E-state index in [9.17, 15) is 18.3 Å². The molecule has 1 amide bonds. The van der Waals surface area contributed by atoms with Crippen molar-refractivity contribution in [3.63, 3.8) is 0 Å². The molecular formula is C21H20ClN3O4S. The van der Waals surface area contributed by atoms with Crippen molar-refractivity contribution in [1.82, 2.24) is 0 Å². The molecule has 0 aliphatic carbocycles. The van der Waals surface area contributed by atoms with E-state index in [1.807, 2.05) is 19.0 Å². The number of anilines is 3. The Morgan fingerprint density at radius 2 is 1.70 bits per heavy atom. The number of hydrogen-bond donors (Lipinski definition) is 3. The lowest BCUT2D eigenvalue weighted by Gasteiger charge is -2.14. The molecular weight excluding hydrogens is 426 g/mol. The van der Waals surface area contributed by atoms with Crippen molar-refractivity contribution in [1.29, 1.82) is 0 Å². The van der Waals surface area contributed by atoms with Gasteiger partial charge in [-0.2, -0.15) is 0 Å². The van der Waals surface area contributed by atoms with Crippen molar-refractivity contribution in [2.45, 2.75) is 4.90 Å². The number of aromatic hydroxyl groups is 1. The molecule has 9 heteroatoms. The van der Waals surface area contributed by atoms with Gasteiger partial charge in [-0.15, -0.1) is 0 Å². The molecule has 3 N–H and O–H groups in total. The summed E-state index contributed by atoms with van der Waals surface area (Å²) in [5, 5.41) is 13.0. The van der Waals surface area contributed by atoms with Gasteiger partial charge in [0.05, 0.1) is 16.3 Å². The highest BCUT2D eigenvalue weighted by molar-refractivity contribution is 7.92. The number of benzene rings is 3. The summed E-state index contributed by atoms with van der Waals surface area (Å²) in [5.41, 5.74) is 1.56. The SMILES string of the molecule is CN(C)c1ccc(C(=O)Nc2cc(S(=O)(=O)Nc3cccc(Cl)c3)ccc2O)cc1. The van der Waals surface area contributed by atoms with Crippen molar-refractivity contribution in [3.8, 4) is 5.75 Å². The Kier molecular flexibility index (Phi) is 6.19. The first kappa shape index (κ1) is 21.5. The number of nitrogens with zero attached hydrogens (tertiary/aromatic N) is 1. The predicted molar refractivity (Wildman–Crippen MR) is 119 cm³/mol. The highest BCUT2D eigenvalue weighted by Crippen LogP contribution is 2.28. The van der Waals surface area contributed by atoms with Gasteiger partial charge in [-0.1, -0.05) is 17.7 Å². The second-order valence-corrected chi connectivity index (χ2v) is 8.81. The number of sulfonamides is 1. The van der Waals surface area contributed by atoms with E-state index in [-0.39, 0.29) is 16.3 Å². The van der Waals surface area contributed by atoms with E-state index < -0.39 is 15.9 Å². The fourth-order valence-electron chi connectivity index (χ4n) is 2.65. The second-order valence-electron chi connectivity index (χ2n) is 6.69. The summed E-state index contributed by atoms with van der Waals surface area (Å²) in [5.74, 6) is -0.733. The fraction of sp³-hybridized carbons (Fsp3) is 0.0952. The molecule has 30 heavy (non-hydrogen) atoms. The van der Waals surface area contributed by atoms with Crippen molar-refractivity contribution in [2.75, 3.05) is 29.0 Å². The van der Waals surface area contributed by atoms with Gasteiger partial charge in [0.2, 0.25) is 0 Å². The molecule has 3 rings (SSSR count). The molecule has 0 spiro atoms. The standard InChI is InChI=1S/C21H20ClN3O4S/c1-25(2)17-8-6-14(7-9-17)21(27)23-19-13-18(10-11-20(19)26)30(28,29)24-16-5-3-4-15(22)12-16/h3-13,24,26H,1-2H3,(H,23,27). The average molecular weight is 446 g/mol. The predicted octanol–water partition coefficient (Wildman–Crippen LogP) is 4.16. The van der Waals surface area contributed by atoms with Crippen molar-refractivity contribution >= 4 is 44.6 Å². The number of halogens is 1. The first-order chi connectivity index (χ1) is 14.2. The van der Waals surface area contributed by atoms with E-state index in [4.69, 9.17) is 11.6 Å². The normalized spacial score (nSPS) is 11.0. The first-order valence-corrected chi connectivity index (χ1v) is 10.7. The molecule has 0 heterocycles. The Balaban J connectivity index is 1.83. The number of phenols is 1. The number of hydrogen-bond acceptors (Lipinski definition) is 5. The Bertz CT molecular complexity index is 1180. The maximum absolute atomic E-state index is 12.7. The van der Waals surface area contributed by atoms with Crippen LogP contribution < -0.4 is 14.9 Å². The summed E-state index contributed by atoms with van der Waals surface area (Å²) in [6, 6.07) is 16.8. The van der Waals surface area contributed by atoms with E-state index in [1.54, 1.807) is 42.5 Å². The Hall–Kier alpha value is -3.23. The molecule has 0 saturated heterocycles. The van der Waals surface area contributed by atoms with Gasteiger partial charge in [0, 0.05) is 30.4 Å². The van der Waals surface area contributed by atoms with Gasteiger partial charge >= 0.3 is 0 Å². The summed E-state index contributed by atoms with van der Waals surface area (Å²) < 4.78 is 27.8. The second kappa shape index (κ2) is 8.64. The van der Waals surface area contributed by atoms with Crippen molar-refractivity contribution in [3.05, 3.63) is 77.3 Å². The molecule has 0 aliphatic rings. The summed E-state index contributed by atoms with van der Waals surface area (Å²) in [6.45, 7) is 0. The molecule has 0 unspecified atom stereocenters. The van der Waals surface area contributed by atoms with Crippen molar-refractivity contribution in [2.24, 2.45) is 0 Å². The van der Waals surface area contributed by atoms with Gasteiger partial charge in [-0.25, -0.2) is 8.42 Å². The lowest BCUT2D eigenvalue weighted by molar-refractivity contribution is 0.102. The lowest BCUT2D eigenvalue weighted by Crippen LogP contribution is -2.15. The van der Waals surface area contributed by atoms with Crippen LogP contribution in [0.15, 0.2) is 71.6 Å². The monoisotopic (exact) mass is 445 g/mol. The number of nitrogens with one attached hydrogen (secondary N) is 2. The van der Waals surface area contributed by atoms with Crippen LogP contribution in [0.2, 0.25) is 5.02 Å². The highest BCUT2D eigenvalue weighted by Gasteiger charge is 2.18. The molecule has 0 aliphatic heterocycles. The lowest BCUT2D eigenvalue weighted by atomic mass is 10.2. The third-order valence-electron chi connectivity index (χ3n) is 4.25. The van der Waals surface area contributed by atoms with Gasteiger partial charge in [0.1, 0.15) is 5.75 Å². The third kappa shape index (κ3) is 5.03. The largest absolute Gasteiger partial charge is 0.506 e. The minimum absolute atomic E-state index is 0.0225. The molecule has 0 atom stereocenters. The number of carbonyl (C=O) groups excluding carboxylic acids is 1. The van der Waals surface area contributed by atoms with Crippen LogP contribution in [0.3, 0.4) is 0 Å². The maximum atomic E-state index is 12.7. The molecule has 156 valence electrons. The van der Waals surface area contributed by atoms with Crippen molar-refractivity contribution < 1.29 is 18.3 Å². The summed E-state index contributed by atoms with van der Waals surface area (Å²) in [4.78, 5) is 14.3. The fourth-order valence-corrected chi connectivity index (χ4v) is 3.92. The van der Waals surface area contributed by atoms with Crippen LogP contribution in [-0.2, 0) is 10.0 Å². The maximum Gasteiger partial charge on any atom is 0.261 e. The molecule has 3 aromatic rings.